The minimum Gasteiger partial charge on any atom is -0.481 e. The summed E-state index contributed by atoms with van der Waals surface area (Å²) in [7, 11) is 1.51. The molecule has 0 unspecified atom stereocenters. The van der Waals surface area contributed by atoms with Crippen LogP contribution in [0.1, 0.15) is 17.3 Å². The normalized spacial score (nSPS) is 10.2. The molecule has 2 aromatic rings. The lowest BCUT2D eigenvalue weighted by Crippen LogP contribution is -2.30. The first-order chi connectivity index (χ1) is 9.65. The number of carbonyl (C=O) groups excluding carboxylic acids is 1. The number of nitrogens with zero attached hydrogens (tertiary/aromatic N) is 2. The largest absolute Gasteiger partial charge is 0.481 e. The Morgan fingerprint density at radius 1 is 1.25 bits per heavy atom. The minimum atomic E-state index is -0.330. The van der Waals surface area contributed by atoms with Gasteiger partial charge in [-0.2, -0.15) is 0 Å². The number of methoxy groups -OCH3 is 1. The zero-order chi connectivity index (χ0) is 14.5. The Morgan fingerprint density at radius 2 is 1.95 bits per heavy atom. The van der Waals surface area contributed by atoms with E-state index in [1.54, 1.807) is 29.2 Å². The van der Waals surface area contributed by atoms with Crippen LogP contribution in [0.5, 0.6) is 5.88 Å². The third kappa shape index (κ3) is 2.93. The number of aromatic nitrogens is 1. The Labute approximate surface area is 116 Å². The maximum Gasteiger partial charge on any atom is 0.259 e. The van der Waals surface area contributed by atoms with Gasteiger partial charge in [-0.25, -0.2) is 9.37 Å². The number of halogens is 1. The maximum absolute atomic E-state index is 12.9. The molecule has 0 aliphatic rings. The zero-order valence-corrected chi connectivity index (χ0v) is 11.3. The Morgan fingerprint density at radius 3 is 2.45 bits per heavy atom. The first kappa shape index (κ1) is 14.0. The molecule has 1 heterocycles. The number of hydrogen-bond donors (Lipinski definition) is 0. The van der Waals surface area contributed by atoms with Gasteiger partial charge in [0.05, 0.1) is 12.7 Å². The van der Waals surface area contributed by atoms with Crippen molar-refractivity contribution < 1.29 is 13.9 Å². The van der Waals surface area contributed by atoms with E-state index in [0.717, 1.165) is 0 Å². The van der Waals surface area contributed by atoms with Gasteiger partial charge in [-0.05, 0) is 37.3 Å². The van der Waals surface area contributed by atoms with E-state index >= 15 is 0 Å². The summed E-state index contributed by atoms with van der Waals surface area (Å²) in [6.07, 6.45) is 1.47. The van der Waals surface area contributed by atoms with E-state index in [2.05, 4.69) is 4.98 Å². The van der Waals surface area contributed by atoms with Crippen LogP contribution in [0.15, 0.2) is 42.6 Å². The van der Waals surface area contributed by atoms with Gasteiger partial charge in [0.15, 0.2) is 0 Å². The third-order valence-electron chi connectivity index (χ3n) is 2.89. The van der Waals surface area contributed by atoms with Gasteiger partial charge in [0.2, 0.25) is 5.88 Å². The van der Waals surface area contributed by atoms with Crippen LogP contribution in [0, 0.1) is 5.82 Å². The molecule has 104 valence electrons. The number of amides is 1. The van der Waals surface area contributed by atoms with E-state index in [1.807, 2.05) is 6.92 Å². The van der Waals surface area contributed by atoms with Crippen molar-refractivity contribution >= 4 is 11.6 Å². The average Bonchev–Trinajstić information content (AvgIpc) is 2.50. The molecule has 2 rings (SSSR count). The Bertz CT molecular complexity index is 582. The van der Waals surface area contributed by atoms with Crippen molar-refractivity contribution in [2.24, 2.45) is 0 Å². The third-order valence-corrected chi connectivity index (χ3v) is 2.89. The predicted octanol–water partition coefficient (Wildman–Crippen LogP) is 2.90. The minimum absolute atomic E-state index is 0.186. The summed E-state index contributed by atoms with van der Waals surface area (Å²) < 4.78 is 17.9. The summed E-state index contributed by atoms with van der Waals surface area (Å²) in [4.78, 5) is 18.0. The van der Waals surface area contributed by atoms with Crippen LogP contribution in [0.3, 0.4) is 0 Å². The highest BCUT2D eigenvalue weighted by Crippen LogP contribution is 2.18. The van der Waals surface area contributed by atoms with Crippen LogP contribution in [0.4, 0.5) is 10.1 Å². The van der Waals surface area contributed by atoms with Crippen molar-refractivity contribution in [2.75, 3.05) is 18.6 Å². The number of benzene rings is 1. The molecule has 0 atom stereocenters. The van der Waals surface area contributed by atoms with Gasteiger partial charge in [0.25, 0.3) is 5.91 Å². The number of hydrogen-bond acceptors (Lipinski definition) is 3. The van der Waals surface area contributed by atoms with Crippen molar-refractivity contribution in [2.45, 2.75) is 6.92 Å². The van der Waals surface area contributed by atoms with Crippen LogP contribution in [0.2, 0.25) is 0 Å². The predicted molar refractivity (Wildman–Crippen MR) is 74.5 cm³/mol. The van der Waals surface area contributed by atoms with Gasteiger partial charge >= 0.3 is 0 Å². The van der Waals surface area contributed by atoms with Gasteiger partial charge in [-0.15, -0.1) is 0 Å². The Kier molecular flexibility index (Phi) is 4.30. The molecule has 5 heteroatoms. The molecule has 4 nitrogen and oxygen atoms in total. The quantitative estimate of drug-likeness (QED) is 0.861. The molecule has 0 radical (unpaired) electrons. The fourth-order valence-corrected chi connectivity index (χ4v) is 1.85. The molecule has 1 aromatic carbocycles. The molecule has 0 aliphatic carbocycles. The molecule has 0 spiro atoms. The number of rotatable bonds is 4. The van der Waals surface area contributed by atoms with E-state index in [-0.39, 0.29) is 11.7 Å². The summed E-state index contributed by atoms with van der Waals surface area (Å²) in [5.74, 6) is -0.0657. The molecular weight excluding hydrogens is 259 g/mol. The summed E-state index contributed by atoms with van der Waals surface area (Å²) >= 11 is 0. The van der Waals surface area contributed by atoms with Crippen molar-refractivity contribution in [3.05, 3.63) is 54.0 Å². The molecule has 0 fully saturated rings. The van der Waals surface area contributed by atoms with E-state index in [9.17, 15) is 9.18 Å². The van der Waals surface area contributed by atoms with Crippen LogP contribution >= 0.6 is 0 Å². The SMILES string of the molecule is CCN(C(=O)c1ccc(OC)nc1)c1ccc(F)cc1. The summed E-state index contributed by atoms with van der Waals surface area (Å²) in [5, 5.41) is 0. The van der Waals surface area contributed by atoms with Gasteiger partial charge in [0, 0.05) is 24.5 Å². The summed E-state index contributed by atoms with van der Waals surface area (Å²) in [5.41, 5.74) is 1.10. The second kappa shape index (κ2) is 6.14. The van der Waals surface area contributed by atoms with Crippen LogP contribution < -0.4 is 9.64 Å². The molecule has 20 heavy (non-hydrogen) atoms. The lowest BCUT2D eigenvalue weighted by atomic mass is 10.2. The van der Waals surface area contributed by atoms with Gasteiger partial charge in [-0.1, -0.05) is 0 Å². The van der Waals surface area contributed by atoms with E-state index in [0.29, 0.717) is 23.7 Å². The molecular formula is C15H15FN2O2. The van der Waals surface area contributed by atoms with Crippen molar-refractivity contribution in [1.82, 2.24) is 4.98 Å². The fraction of sp³-hybridized carbons (Fsp3) is 0.200. The first-order valence-electron chi connectivity index (χ1n) is 6.23. The van der Waals surface area contributed by atoms with Gasteiger partial charge < -0.3 is 9.64 Å². The van der Waals surface area contributed by atoms with E-state index in [1.165, 1.54) is 25.4 Å². The van der Waals surface area contributed by atoms with Crippen molar-refractivity contribution in [3.8, 4) is 5.88 Å². The fourth-order valence-electron chi connectivity index (χ4n) is 1.85. The zero-order valence-electron chi connectivity index (χ0n) is 11.3. The van der Waals surface area contributed by atoms with Crippen LogP contribution in [-0.2, 0) is 0 Å². The second-order valence-electron chi connectivity index (χ2n) is 4.12. The van der Waals surface area contributed by atoms with Crippen LogP contribution in [-0.4, -0.2) is 24.5 Å². The Hall–Kier alpha value is -2.43. The lowest BCUT2D eigenvalue weighted by molar-refractivity contribution is 0.0988. The molecule has 1 amide bonds. The molecule has 0 N–H and O–H groups in total. The van der Waals surface area contributed by atoms with E-state index < -0.39 is 0 Å². The smallest absolute Gasteiger partial charge is 0.259 e. The topological polar surface area (TPSA) is 42.4 Å². The highest BCUT2D eigenvalue weighted by Gasteiger charge is 2.16. The number of ether oxygens (including phenoxy) is 1. The van der Waals surface area contributed by atoms with Gasteiger partial charge in [0.1, 0.15) is 5.82 Å². The molecule has 0 saturated heterocycles. The molecule has 1 aromatic heterocycles. The first-order valence-corrected chi connectivity index (χ1v) is 6.23. The standard InChI is InChI=1S/C15H15FN2O2/c1-3-18(13-7-5-12(16)6-8-13)15(19)11-4-9-14(20-2)17-10-11/h4-10H,3H2,1-2H3. The highest BCUT2D eigenvalue weighted by molar-refractivity contribution is 6.05. The van der Waals surface area contributed by atoms with Crippen LogP contribution in [0.25, 0.3) is 0 Å². The molecule has 0 saturated carbocycles. The highest BCUT2D eigenvalue weighted by atomic mass is 19.1. The van der Waals surface area contributed by atoms with Crippen molar-refractivity contribution in [1.29, 1.82) is 0 Å². The van der Waals surface area contributed by atoms with Gasteiger partial charge in [-0.3, -0.25) is 4.79 Å². The summed E-state index contributed by atoms with van der Waals surface area (Å²) in [6, 6.07) is 9.10. The second-order valence-corrected chi connectivity index (χ2v) is 4.12. The Balaban J connectivity index is 2.26. The lowest BCUT2D eigenvalue weighted by Gasteiger charge is -2.21. The van der Waals surface area contributed by atoms with E-state index in [4.69, 9.17) is 4.74 Å². The average molecular weight is 274 g/mol. The monoisotopic (exact) mass is 274 g/mol. The molecule has 0 aliphatic heterocycles. The number of carbonyl (C=O) groups is 1. The maximum atomic E-state index is 12.9. The number of anilines is 1. The summed E-state index contributed by atoms with van der Waals surface area (Å²) in [6.45, 7) is 2.34. The van der Waals surface area contributed by atoms with Crippen molar-refractivity contribution in [3.63, 3.8) is 0 Å². The molecule has 0 bridgehead atoms. The number of pyridine rings is 1.